The van der Waals surface area contributed by atoms with E-state index in [-0.39, 0.29) is 6.54 Å². The number of nitrogens with zero attached hydrogens (tertiary/aromatic N) is 1. The number of hydrogen-bond acceptors (Lipinski definition) is 4. The maximum absolute atomic E-state index is 11.6. The second-order valence-electron chi connectivity index (χ2n) is 4.07. The molecule has 98 valence electrons. The summed E-state index contributed by atoms with van der Waals surface area (Å²) >= 11 is 17.0. The molecule has 0 aromatic rings. The topological polar surface area (TPSA) is 55.6 Å². The van der Waals surface area contributed by atoms with E-state index in [0.717, 1.165) is 0 Å². The average molecular weight is 305 g/mol. The summed E-state index contributed by atoms with van der Waals surface area (Å²) in [6, 6.07) is -0.598. The minimum absolute atomic E-state index is 0.251. The van der Waals surface area contributed by atoms with Crippen molar-refractivity contribution in [2.75, 3.05) is 13.7 Å². The van der Waals surface area contributed by atoms with Gasteiger partial charge in [0.25, 0.3) is 0 Å². The van der Waals surface area contributed by atoms with Gasteiger partial charge in [-0.15, -0.1) is 0 Å². The third kappa shape index (κ3) is 3.30. The molecule has 0 spiro atoms. The van der Waals surface area contributed by atoms with Crippen LogP contribution in [0.2, 0.25) is 0 Å². The third-order valence-electron chi connectivity index (χ3n) is 2.35. The van der Waals surface area contributed by atoms with Crippen LogP contribution in [0.15, 0.2) is 0 Å². The molecule has 1 atom stereocenters. The van der Waals surface area contributed by atoms with Gasteiger partial charge in [0.05, 0.1) is 13.7 Å². The molecule has 5 nitrogen and oxygen atoms in total. The van der Waals surface area contributed by atoms with Crippen molar-refractivity contribution in [3.8, 4) is 0 Å². The van der Waals surface area contributed by atoms with E-state index in [1.54, 1.807) is 0 Å². The van der Waals surface area contributed by atoms with Gasteiger partial charge in [0.1, 0.15) is 0 Å². The van der Waals surface area contributed by atoms with E-state index in [2.05, 4.69) is 4.74 Å². The van der Waals surface area contributed by atoms with Crippen molar-refractivity contribution in [1.29, 1.82) is 0 Å². The van der Waals surface area contributed by atoms with Crippen molar-refractivity contribution in [3.05, 3.63) is 0 Å². The third-order valence-corrected chi connectivity index (χ3v) is 3.71. The summed E-state index contributed by atoms with van der Waals surface area (Å²) in [4.78, 5) is 23.9. The first-order chi connectivity index (χ1) is 7.60. The Bertz CT molecular complexity index is 340. The number of halogens is 3. The molecule has 0 N–H and O–H groups in total. The highest BCUT2D eigenvalue weighted by atomic mass is 35.6. The van der Waals surface area contributed by atoms with Gasteiger partial charge in [-0.05, 0) is 13.8 Å². The summed E-state index contributed by atoms with van der Waals surface area (Å²) in [5, 5.41) is 0. The molecule has 17 heavy (non-hydrogen) atoms. The molecule has 1 amide bonds. The fraction of sp³-hybridized carbons (Fsp3) is 0.778. The van der Waals surface area contributed by atoms with Crippen LogP contribution in [-0.2, 0) is 14.3 Å². The highest BCUT2D eigenvalue weighted by Gasteiger charge is 2.51. The lowest BCUT2D eigenvalue weighted by molar-refractivity contribution is -0.140. The number of amides is 1. The molecule has 0 saturated carbocycles. The van der Waals surface area contributed by atoms with Gasteiger partial charge < -0.3 is 9.47 Å². The standard InChI is InChI=1S/C9H12Cl3NO4/c1-8(2,9(10,11)12)17-7(15)13-4-5(13)6(14)16-3/h5H,4H2,1-3H3/t5-,13?/m0/s1. The van der Waals surface area contributed by atoms with Gasteiger partial charge in [-0.25, -0.2) is 9.59 Å². The lowest BCUT2D eigenvalue weighted by atomic mass is 10.2. The van der Waals surface area contributed by atoms with Crippen LogP contribution in [0.1, 0.15) is 13.8 Å². The molecule has 1 aliphatic rings. The zero-order valence-electron chi connectivity index (χ0n) is 9.50. The summed E-state index contributed by atoms with van der Waals surface area (Å²) < 4.78 is 7.77. The van der Waals surface area contributed by atoms with Crippen molar-refractivity contribution in [1.82, 2.24) is 4.90 Å². The fourth-order valence-electron chi connectivity index (χ4n) is 1.01. The van der Waals surface area contributed by atoms with Crippen LogP contribution in [0.4, 0.5) is 4.79 Å². The molecule has 1 rings (SSSR count). The van der Waals surface area contributed by atoms with Gasteiger partial charge in [-0.2, -0.15) is 0 Å². The highest BCUT2D eigenvalue weighted by Crippen LogP contribution is 2.41. The van der Waals surface area contributed by atoms with Crippen molar-refractivity contribution in [3.63, 3.8) is 0 Å². The number of hydrogen-bond donors (Lipinski definition) is 0. The first-order valence-electron chi connectivity index (χ1n) is 4.74. The normalized spacial score (nSPS) is 19.9. The predicted octanol–water partition coefficient (Wildman–Crippen LogP) is 2.13. The molecule has 8 heteroatoms. The second kappa shape index (κ2) is 4.71. The fourth-order valence-corrected chi connectivity index (χ4v) is 1.13. The summed E-state index contributed by atoms with van der Waals surface area (Å²) in [7, 11) is 1.25. The number of esters is 1. The smallest absolute Gasteiger partial charge is 0.411 e. The van der Waals surface area contributed by atoms with Gasteiger partial charge in [-0.3, -0.25) is 4.90 Å². The maximum atomic E-state index is 11.6. The number of carbonyl (C=O) groups excluding carboxylic acids is 2. The SMILES string of the molecule is COC(=O)[C@@H]1CN1C(=O)OC(C)(C)C(Cl)(Cl)Cl. The maximum Gasteiger partial charge on any atom is 0.411 e. The molecule has 1 fully saturated rings. The van der Waals surface area contributed by atoms with E-state index in [1.807, 2.05) is 0 Å². The van der Waals surface area contributed by atoms with E-state index in [0.29, 0.717) is 0 Å². The van der Waals surface area contributed by atoms with Crippen LogP contribution < -0.4 is 0 Å². The highest BCUT2D eigenvalue weighted by molar-refractivity contribution is 6.68. The summed E-state index contributed by atoms with van der Waals surface area (Å²) in [6.45, 7) is 3.19. The molecular formula is C9H12Cl3NO4. The molecule has 0 aromatic carbocycles. The number of methoxy groups -OCH3 is 1. The first-order valence-corrected chi connectivity index (χ1v) is 5.87. The Labute approximate surface area is 114 Å². The molecule has 1 aliphatic heterocycles. The number of carbonyl (C=O) groups is 2. The molecule has 0 bridgehead atoms. The summed E-state index contributed by atoms with van der Waals surface area (Å²) in [5.74, 6) is -0.492. The van der Waals surface area contributed by atoms with Crippen LogP contribution in [0.5, 0.6) is 0 Å². The summed E-state index contributed by atoms with van der Waals surface area (Å²) in [6.07, 6.45) is -0.711. The first kappa shape index (κ1) is 14.7. The molecule has 1 heterocycles. The van der Waals surface area contributed by atoms with E-state index < -0.39 is 27.5 Å². The minimum Gasteiger partial charge on any atom is -0.467 e. The molecule has 0 radical (unpaired) electrons. The van der Waals surface area contributed by atoms with Crippen LogP contribution >= 0.6 is 34.8 Å². The number of rotatable bonds is 2. The Morgan fingerprint density at radius 1 is 1.29 bits per heavy atom. The van der Waals surface area contributed by atoms with Crippen molar-refractivity contribution < 1.29 is 19.1 Å². The zero-order valence-corrected chi connectivity index (χ0v) is 11.8. The van der Waals surface area contributed by atoms with Crippen molar-refractivity contribution in [2.45, 2.75) is 29.3 Å². The zero-order chi connectivity index (χ0) is 13.4. The predicted molar refractivity (Wildman–Crippen MR) is 63.4 cm³/mol. The Morgan fingerprint density at radius 2 is 1.82 bits per heavy atom. The lowest BCUT2D eigenvalue weighted by Crippen LogP contribution is -2.42. The van der Waals surface area contributed by atoms with Crippen LogP contribution in [0, 0.1) is 0 Å². The quantitative estimate of drug-likeness (QED) is 0.445. The van der Waals surface area contributed by atoms with Crippen LogP contribution in [-0.4, -0.2) is 46.1 Å². The molecule has 0 aromatic heterocycles. The molecular weight excluding hydrogens is 292 g/mol. The Kier molecular flexibility index (Phi) is 4.06. The van der Waals surface area contributed by atoms with Crippen LogP contribution in [0.25, 0.3) is 0 Å². The number of ether oxygens (including phenoxy) is 2. The van der Waals surface area contributed by atoms with Gasteiger partial charge >= 0.3 is 12.1 Å². The largest absolute Gasteiger partial charge is 0.467 e. The van der Waals surface area contributed by atoms with Gasteiger partial charge in [-0.1, -0.05) is 34.8 Å². The monoisotopic (exact) mass is 303 g/mol. The Balaban J connectivity index is 2.56. The minimum atomic E-state index is -1.75. The van der Waals surface area contributed by atoms with E-state index in [4.69, 9.17) is 39.5 Å². The molecule has 0 aliphatic carbocycles. The molecule has 0 unspecified atom stereocenters. The van der Waals surface area contributed by atoms with Crippen molar-refractivity contribution in [2.24, 2.45) is 0 Å². The Hall–Kier alpha value is -0.390. The van der Waals surface area contributed by atoms with E-state index in [9.17, 15) is 9.59 Å². The van der Waals surface area contributed by atoms with Gasteiger partial charge in [0.15, 0.2) is 11.6 Å². The average Bonchev–Trinajstić information content (AvgIpc) is 2.93. The lowest BCUT2D eigenvalue weighted by Gasteiger charge is -2.31. The molecule has 1 saturated heterocycles. The van der Waals surface area contributed by atoms with Crippen molar-refractivity contribution >= 4 is 46.9 Å². The van der Waals surface area contributed by atoms with Crippen LogP contribution in [0.3, 0.4) is 0 Å². The van der Waals surface area contributed by atoms with Gasteiger partial charge in [0, 0.05) is 0 Å². The van der Waals surface area contributed by atoms with E-state index in [1.165, 1.54) is 25.9 Å². The van der Waals surface area contributed by atoms with Gasteiger partial charge in [0.2, 0.25) is 3.79 Å². The van der Waals surface area contributed by atoms with E-state index >= 15 is 0 Å². The number of alkyl halides is 3. The Morgan fingerprint density at radius 3 is 2.24 bits per heavy atom. The summed E-state index contributed by atoms with van der Waals surface area (Å²) in [5.41, 5.74) is -1.29. The second-order valence-corrected chi connectivity index (χ2v) is 6.35.